The number of hydrogen-bond donors (Lipinski definition) is 0. The first-order valence-electron chi connectivity index (χ1n) is 6.72. The average molecular weight is 460 g/mol. The van der Waals surface area contributed by atoms with Crippen molar-refractivity contribution in [3.63, 3.8) is 0 Å². The highest BCUT2D eigenvalue weighted by Crippen LogP contribution is 2.37. The molecule has 0 spiro atoms. The molecule has 3 rings (SSSR count). The third-order valence-corrected chi connectivity index (χ3v) is 4.43. The molecule has 0 saturated carbocycles. The molecule has 0 bridgehead atoms. The lowest BCUT2D eigenvalue weighted by Crippen LogP contribution is -2.05. The van der Waals surface area contributed by atoms with E-state index in [0.29, 0.717) is 17.3 Å². The Bertz CT molecular complexity index is 846. The van der Waals surface area contributed by atoms with Gasteiger partial charge in [-0.25, -0.2) is 14.4 Å². The number of benzene rings is 2. The number of methoxy groups -OCH3 is 2. The Balaban J connectivity index is 0.00000208. The molecular weight excluding hydrogens is 445 g/mol. The van der Waals surface area contributed by atoms with Crippen molar-refractivity contribution < 1.29 is 14.9 Å². The van der Waals surface area contributed by atoms with Crippen LogP contribution in [-0.2, 0) is 0 Å². The van der Waals surface area contributed by atoms with Gasteiger partial charge in [0.1, 0.15) is 6.33 Å². The summed E-state index contributed by atoms with van der Waals surface area (Å²) in [6.07, 6.45) is 1.48. The fourth-order valence-corrected chi connectivity index (χ4v) is 2.83. The molecule has 2 N–H and O–H groups in total. The standard InChI is InChI=1S/C16H13ClIN3O2.H2O/c1-22-14-7-12-13(8-15(14)23-2)19-9-20-16(12)21(17)11-5-3-10(18)4-6-11;/h3-9H,1-2H3;1H2. The van der Waals surface area contributed by atoms with E-state index in [1.807, 2.05) is 30.3 Å². The van der Waals surface area contributed by atoms with Crippen molar-refractivity contribution in [3.8, 4) is 11.5 Å². The van der Waals surface area contributed by atoms with Crippen LogP contribution in [0.2, 0.25) is 0 Å². The van der Waals surface area contributed by atoms with Crippen molar-refractivity contribution in [2.24, 2.45) is 0 Å². The molecule has 1 heterocycles. The molecule has 126 valence electrons. The monoisotopic (exact) mass is 459 g/mol. The summed E-state index contributed by atoms with van der Waals surface area (Å²) in [6.45, 7) is 0. The molecule has 2 aromatic carbocycles. The molecule has 0 aliphatic rings. The fourth-order valence-electron chi connectivity index (χ4n) is 2.22. The van der Waals surface area contributed by atoms with Gasteiger partial charge in [0, 0.05) is 26.8 Å². The molecule has 8 heteroatoms. The van der Waals surface area contributed by atoms with Crippen LogP contribution < -0.4 is 13.9 Å². The van der Waals surface area contributed by atoms with Crippen molar-refractivity contribution in [2.45, 2.75) is 0 Å². The van der Waals surface area contributed by atoms with Crippen molar-refractivity contribution in [1.82, 2.24) is 9.97 Å². The van der Waals surface area contributed by atoms with E-state index in [9.17, 15) is 0 Å². The molecule has 0 radical (unpaired) electrons. The highest BCUT2D eigenvalue weighted by atomic mass is 127. The molecule has 0 atom stereocenters. The molecule has 0 aliphatic heterocycles. The van der Waals surface area contributed by atoms with Crippen LogP contribution in [0.25, 0.3) is 10.9 Å². The summed E-state index contributed by atoms with van der Waals surface area (Å²) in [5.41, 5.74) is 1.55. The number of ether oxygens (including phenoxy) is 2. The van der Waals surface area contributed by atoms with Gasteiger partial charge in [0.2, 0.25) is 0 Å². The Morgan fingerprint density at radius 3 is 2.25 bits per heavy atom. The Labute approximate surface area is 157 Å². The molecule has 0 saturated heterocycles. The second kappa shape index (κ2) is 7.82. The van der Waals surface area contributed by atoms with Gasteiger partial charge in [0.05, 0.1) is 25.4 Å². The number of anilines is 2. The van der Waals surface area contributed by atoms with Crippen LogP contribution in [0.5, 0.6) is 11.5 Å². The van der Waals surface area contributed by atoms with Crippen molar-refractivity contribution >= 4 is 56.8 Å². The third kappa shape index (κ3) is 3.47. The van der Waals surface area contributed by atoms with Gasteiger partial charge in [-0.15, -0.1) is 0 Å². The Kier molecular flexibility index (Phi) is 6.03. The minimum absolute atomic E-state index is 0. The topological polar surface area (TPSA) is 79.0 Å². The van der Waals surface area contributed by atoms with E-state index in [0.717, 1.165) is 20.2 Å². The van der Waals surface area contributed by atoms with Crippen LogP contribution in [0.15, 0.2) is 42.7 Å². The van der Waals surface area contributed by atoms with Gasteiger partial charge in [0.25, 0.3) is 0 Å². The predicted octanol–water partition coefficient (Wildman–Crippen LogP) is 3.72. The first kappa shape index (κ1) is 18.5. The van der Waals surface area contributed by atoms with E-state index in [1.165, 1.54) is 10.7 Å². The van der Waals surface area contributed by atoms with E-state index in [2.05, 4.69) is 32.6 Å². The van der Waals surface area contributed by atoms with E-state index >= 15 is 0 Å². The van der Waals surface area contributed by atoms with Gasteiger partial charge < -0.3 is 14.9 Å². The fraction of sp³-hybridized carbons (Fsp3) is 0.125. The second-order valence-corrected chi connectivity index (χ2v) is 6.26. The number of hydrogen-bond acceptors (Lipinski definition) is 5. The zero-order chi connectivity index (χ0) is 16.4. The summed E-state index contributed by atoms with van der Waals surface area (Å²) in [6, 6.07) is 11.5. The van der Waals surface area contributed by atoms with E-state index in [4.69, 9.17) is 21.3 Å². The largest absolute Gasteiger partial charge is 0.493 e. The summed E-state index contributed by atoms with van der Waals surface area (Å²) in [7, 11) is 3.18. The molecule has 24 heavy (non-hydrogen) atoms. The van der Waals surface area contributed by atoms with Gasteiger partial charge in [-0.3, -0.25) is 0 Å². The minimum atomic E-state index is 0. The quantitative estimate of drug-likeness (QED) is 0.439. The first-order chi connectivity index (χ1) is 11.1. The Morgan fingerprint density at radius 1 is 1.00 bits per heavy atom. The van der Waals surface area contributed by atoms with Crippen LogP contribution in [0, 0.1) is 3.57 Å². The minimum Gasteiger partial charge on any atom is -0.493 e. The summed E-state index contributed by atoms with van der Waals surface area (Å²) in [5.74, 6) is 1.79. The molecule has 0 unspecified atom stereocenters. The number of rotatable bonds is 4. The summed E-state index contributed by atoms with van der Waals surface area (Å²) >= 11 is 8.75. The average Bonchev–Trinajstić information content (AvgIpc) is 2.60. The molecule has 0 amide bonds. The lowest BCUT2D eigenvalue weighted by atomic mass is 10.2. The highest BCUT2D eigenvalue weighted by Gasteiger charge is 2.15. The van der Waals surface area contributed by atoms with Crippen LogP contribution in [0.4, 0.5) is 11.5 Å². The van der Waals surface area contributed by atoms with Crippen molar-refractivity contribution in [1.29, 1.82) is 0 Å². The Morgan fingerprint density at radius 2 is 1.62 bits per heavy atom. The van der Waals surface area contributed by atoms with Gasteiger partial charge >= 0.3 is 0 Å². The molecule has 1 aromatic heterocycles. The van der Waals surface area contributed by atoms with Gasteiger partial charge in [0.15, 0.2) is 17.3 Å². The summed E-state index contributed by atoms with van der Waals surface area (Å²) < 4.78 is 13.3. The number of aromatic nitrogens is 2. The second-order valence-electron chi connectivity index (χ2n) is 4.68. The maximum atomic E-state index is 6.50. The van der Waals surface area contributed by atoms with Crippen LogP contribution in [0.1, 0.15) is 0 Å². The van der Waals surface area contributed by atoms with Crippen LogP contribution in [-0.4, -0.2) is 29.7 Å². The first-order valence-corrected chi connectivity index (χ1v) is 8.14. The van der Waals surface area contributed by atoms with Crippen molar-refractivity contribution in [3.05, 3.63) is 46.3 Å². The molecular formula is C16H15ClIN3O3. The Hall–Kier alpha value is -1.84. The van der Waals surface area contributed by atoms with Crippen molar-refractivity contribution in [2.75, 3.05) is 18.6 Å². The maximum absolute atomic E-state index is 6.50. The molecule has 6 nitrogen and oxygen atoms in total. The highest BCUT2D eigenvalue weighted by molar-refractivity contribution is 14.1. The van der Waals surface area contributed by atoms with E-state index in [-0.39, 0.29) is 5.48 Å². The predicted molar refractivity (Wildman–Crippen MR) is 103 cm³/mol. The number of nitrogens with zero attached hydrogens (tertiary/aromatic N) is 3. The number of halogens is 2. The third-order valence-electron chi connectivity index (χ3n) is 3.36. The maximum Gasteiger partial charge on any atom is 0.162 e. The van der Waals surface area contributed by atoms with Gasteiger partial charge in [-0.2, -0.15) is 0 Å². The smallest absolute Gasteiger partial charge is 0.162 e. The lowest BCUT2D eigenvalue weighted by molar-refractivity contribution is 0.356. The van der Waals surface area contributed by atoms with Crippen LogP contribution >= 0.6 is 34.4 Å². The van der Waals surface area contributed by atoms with Gasteiger partial charge in [-0.05, 0) is 52.9 Å². The zero-order valence-electron chi connectivity index (χ0n) is 13.0. The van der Waals surface area contributed by atoms with Crippen LogP contribution in [0.3, 0.4) is 0 Å². The lowest BCUT2D eigenvalue weighted by Gasteiger charge is -2.17. The van der Waals surface area contributed by atoms with E-state index < -0.39 is 0 Å². The normalized spacial score (nSPS) is 10.2. The molecule has 0 fully saturated rings. The van der Waals surface area contributed by atoms with E-state index in [1.54, 1.807) is 20.3 Å². The summed E-state index contributed by atoms with van der Waals surface area (Å²) in [5, 5.41) is 0.777. The van der Waals surface area contributed by atoms with Gasteiger partial charge in [-0.1, -0.05) is 0 Å². The zero-order valence-corrected chi connectivity index (χ0v) is 15.9. The SMILES string of the molecule is COc1cc2ncnc(N(Cl)c3ccc(I)cc3)c2cc1OC.O. The molecule has 0 aliphatic carbocycles. The molecule has 3 aromatic rings. The summed E-state index contributed by atoms with van der Waals surface area (Å²) in [4.78, 5) is 8.60. The number of fused-ring (bicyclic) bond motifs is 1.